The van der Waals surface area contributed by atoms with Gasteiger partial charge >= 0.3 is 5.97 Å². The third kappa shape index (κ3) is 4.49. The number of thioether (sulfide) groups is 1. The molecule has 3 N–H and O–H groups in total. The number of aromatic carboxylic acids is 1. The molecule has 29 heavy (non-hydrogen) atoms. The van der Waals surface area contributed by atoms with E-state index in [1.807, 2.05) is 18.0 Å². The van der Waals surface area contributed by atoms with Crippen molar-refractivity contribution in [3.63, 3.8) is 0 Å². The number of carboxylic acid groups (broad SMARTS) is 1. The van der Waals surface area contributed by atoms with Gasteiger partial charge in [-0.25, -0.2) is 4.79 Å². The van der Waals surface area contributed by atoms with E-state index < -0.39 is 5.97 Å². The lowest BCUT2D eigenvalue weighted by atomic mass is 10.00. The first-order valence-corrected chi connectivity index (χ1v) is 10.9. The molecular formula is C23H24N2O3S. The van der Waals surface area contributed by atoms with Crippen LogP contribution in [-0.4, -0.2) is 51.5 Å². The summed E-state index contributed by atoms with van der Waals surface area (Å²) in [6, 6.07) is 13.6. The van der Waals surface area contributed by atoms with Crippen LogP contribution in [0.25, 0.3) is 16.5 Å². The number of carboxylic acids is 1. The molecule has 0 atom stereocenters. The van der Waals surface area contributed by atoms with Gasteiger partial charge in [0.2, 0.25) is 0 Å². The van der Waals surface area contributed by atoms with Gasteiger partial charge in [-0.05, 0) is 35.3 Å². The predicted molar refractivity (Wildman–Crippen MR) is 119 cm³/mol. The molecule has 0 bridgehead atoms. The molecule has 1 aliphatic rings. The van der Waals surface area contributed by atoms with E-state index in [-0.39, 0.29) is 11.3 Å². The molecule has 0 unspecified atom stereocenters. The van der Waals surface area contributed by atoms with Crippen molar-refractivity contribution >= 4 is 34.2 Å². The SMILES string of the molecule is O=C(O)c1cc2[nH]cc(CSCCN3CC=C(c4ccccc4)CC3)c2cc1O. The number of rotatable bonds is 7. The average molecular weight is 409 g/mol. The number of nitrogens with one attached hydrogen (secondary N) is 1. The van der Waals surface area contributed by atoms with Gasteiger partial charge < -0.3 is 15.2 Å². The van der Waals surface area contributed by atoms with Crippen LogP contribution in [0, 0.1) is 0 Å². The van der Waals surface area contributed by atoms with Gasteiger partial charge in [-0.15, -0.1) is 0 Å². The minimum absolute atomic E-state index is 0.0772. The fourth-order valence-electron chi connectivity index (χ4n) is 3.71. The number of nitrogens with zero attached hydrogens (tertiary/aromatic N) is 1. The van der Waals surface area contributed by atoms with E-state index in [2.05, 4.69) is 46.3 Å². The lowest BCUT2D eigenvalue weighted by molar-refractivity contribution is 0.0694. The first kappa shape index (κ1) is 19.6. The van der Waals surface area contributed by atoms with Crippen LogP contribution in [0.15, 0.2) is 54.7 Å². The summed E-state index contributed by atoms with van der Waals surface area (Å²) in [5.41, 5.74) is 4.52. The number of fused-ring (bicyclic) bond motifs is 1. The summed E-state index contributed by atoms with van der Waals surface area (Å²) in [6.45, 7) is 3.12. The van der Waals surface area contributed by atoms with Crippen LogP contribution in [0.2, 0.25) is 0 Å². The van der Waals surface area contributed by atoms with Crippen LogP contribution >= 0.6 is 11.8 Å². The number of H-pyrrole nitrogens is 1. The first-order chi connectivity index (χ1) is 14.1. The largest absolute Gasteiger partial charge is 0.507 e. The highest BCUT2D eigenvalue weighted by atomic mass is 32.2. The average Bonchev–Trinajstić information content (AvgIpc) is 3.13. The minimum Gasteiger partial charge on any atom is -0.507 e. The fraction of sp³-hybridized carbons (Fsp3) is 0.261. The number of benzene rings is 2. The first-order valence-electron chi connectivity index (χ1n) is 9.72. The zero-order valence-corrected chi connectivity index (χ0v) is 16.9. The Kier molecular flexibility index (Phi) is 5.92. The molecule has 2 heterocycles. The van der Waals surface area contributed by atoms with Crippen LogP contribution in [0.1, 0.15) is 27.9 Å². The van der Waals surface area contributed by atoms with Gasteiger partial charge in [-0.1, -0.05) is 36.4 Å². The van der Waals surface area contributed by atoms with Gasteiger partial charge in [0.25, 0.3) is 0 Å². The summed E-state index contributed by atoms with van der Waals surface area (Å²) in [6.07, 6.45) is 5.33. The molecule has 0 saturated heterocycles. The maximum absolute atomic E-state index is 11.1. The van der Waals surface area contributed by atoms with Crippen LogP contribution in [0.5, 0.6) is 5.75 Å². The number of carbonyl (C=O) groups is 1. The molecule has 4 rings (SSSR count). The Morgan fingerprint density at radius 3 is 2.76 bits per heavy atom. The van der Waals surface area contributed by atoms with Crippen molar-refractivity contribution in [3.8, 4) is 5.75 Å². The third-order valence-corrected chi connectivity index (χ3v) is 6.35. The standard InChI is InChI=1S/C23H24N2O3S/c26-22-13-19-18(14-24-21(19)12-20(22)23(27)28)15-29-11-10-25-8-6-17(7-9-25)16-4-2-1-3-5-16/h1-6,12-14,24,26H,7-11,15H2,(H,27,28). The number of aromatic nitrogens is 1. The van der Waals surface area contributed by atoms with Gasteiger partial charge in [0, 0.05) is 48.2 Å². The molecule has 0 spiro atoms. The topological polar surface area (TPSA) is 76.6 Å². The van der Waals surface area contributed by atoms with Gasteiger partial charge in [-0.3, -0.25) is 4.90 Å². The highest BCUT2D eigenvalue weighted by Gasteiger charge is 2.15. The van der Waals surface area contributed by atoms with Crippen LogP contribution in [0.3, 0.4) is 0 Å². The molecule has 1 aliphatic heterocycles. The van der Waals surface area contributed by atoms with Gasteiger partial charge in [0.1, 0.15) is 11.3 Å². The van der Waals surface area contributed by atoms with E-state index in [1.165, 1.54) is 17.2 Å². The van der Waals surface area contributed by atoms with Crippen molar-refractivity contribution in [3.05, 3.63) is 71.4 Å². The molecule has 0 aliphatic carbocycles. The van der Waals surface area contributed by atoms with E-state index in [0.29, 0.717) is 0 Å². The Morgan fingerprint density at radius 1 is 1.21 bits per heavy atom. The zero-order valence-electron chi connectivity index (χ0n) is 16.1. The molecule has 5 nitrogen and oxygen atoms in total. The molecule has 3 aromatic rings. The van der Waals surface area contributed by atoms with Crippen molar-refractivity contribution in [1.82, 2.24) is 9.88 Å². The van der Waals surface area contributed by atoms with Gasteiger partial charge in [-0.2, -0.15) is 11.8 Å². The van der Waals surface area contributed by atoms with Crippen LogP contribution < -0.4 is 0 Å². The maximum atomic E-state index is 11.1. The fourth-order valence-corrected chi connectivity index (χ4v) is 4.70. The molecule has 150 valence electrons. The highest BCUT2D eigenvalue weighted by Crippen LogP contribution is 2.29. The predicted octanol–water partition coefficient (Wildman–Crippen LogP) is 4.59. The Bertz CT molecular complexity index is 1040. The Balaban J connectivity index is 1.29. The molecule has 6 heteroatoms. The number of hydrogen-bond acceptors (Lipinski definition) is 4. The normalized spacial score (nSPS) is 14.8. The summed E-state index contributed by atoms with van der Waals surface area (Å²) in [5.74, 6) is 0.539. The highest BCUT2D eigenvalue weighted by molar-refractivity contribution is 7.98. The van der Waals surface area contributed by atoms with E-state index in [4.69, 9.17) is 5.11 Å². The second kappa shape index (κ2) is 8.76. The lowest BCUT2D eigenvalue weighted by Crippen LogP contribution is -2.30. The van der Waals surface area contributed by atoms with Crippen LogP contribution in [0.4, 0.5) is 0 Å². The molecule has 2 aromatic carbocycles. The van der Waals surface area contributed by atoms with E-state index >= 15 is 0 Å². The molecule has 1 aromatic heterocycles. The Hall–Kier alpha value is -2.70. The number of aromatic amines is 1. The second-order valence-electron chi connectivity index (χ2n) is 7.23. The molecule has 0 amide bonds. The summed E-state index contributed by atoms with van der Waals surface area (Å²) < 4.78 is 0. The Labute approximate surface area is 174 Å². The van der Waals surface area contributed by atoms with Gasteiger partial charge in [0.05, 0.1) is 0 Å². The monoisotopic (exact) mass is 408 g/mol. The summed E-state index contributed by atoms with van der Waals surface area (Å²) in [5, 5.41) is 20.0. The van der Waals surface area contributed by atoms with Crippen LogP contribution in [-0.2, 0) is 5.75 Å². The molecule has 0 radical (unpaired) electrons. The number of hydrogen-bond donors (Lipinski definition) is 3. The second-order valence-corrected chi connectivity index (χ2v) is 8.34. The molecule has 0 saturated carbocycles. The van der Waals surface area contributed by atoms with Gasteiger partial charge in [0.15, 0.2) is 0 Å². The van der Waals surface area contributed by atoms with Crippen molar-refractivity contribution < 1.29 is 15.0 Å². The maximum Gasteiger partial charge on any atom is 0.339 e. The van der Waals surface area contributed by atoms with Crippen molar-refractivity contribution in [1.29, 1.82) is 0 Å². The van der Waals surface area contributed by atoms with E-state index in [1.54, 1.807) is 6.07 Å². The van der Waals surface area contributed by atoms with E-state index in [0.717, 1.165) is 54.0 Å². The quantitative estimate of drug-likeness (QED) is 0.498. The molecule has 0 fully saturated rings. The Morgan fingerprint density at radius 2 is 2.03 bits per heavy atom. The smallest absolute Gasteiger partial charge is 0.339 e. The van der Waals surface area contributed by atoms with Crippen molar-refractivity contribution in [2.24, 2.45) is 0 Å². The minimum atomic E-state index is -1.12. The zero-order chi connectivity index (χ0) is 20.2. The molecular weight excluding hydrogens is 384 g/mol. The van der Waals surface area contributed by atoms with Crippen molar-refractivity contribution in [2.45, 2.75) is 12.2 Å². The summed E-state index contributed by atoms with van der Waals surface area (Å²) in [4.78, 5) is 16.7. The number of aromatic hydroxyl groups is 1. The van der Waals surface area contributed by atoms with E-state index in [9.17, 15) is 9.90 Å². The summed E-state index contributed by atoms with van der Waals surface area (Å²) in [7, 11) is 0. The third-order valence-electron chi connectivity index (χ3n) is 5.36. The summed E-state index contributed by atoms with van der Waals surface area (Å²) >= 11 is 1.85. The van der Waals surface area contributed by atoms with Crippen molar-refractivity contribution in [2.75, 3.05) is 25.4 Å². The lowest BCUT2D eigenvalue weighted by Gasteiger charge is -2.26. The number of phenols is 1.